The van der Waals surface area contributed by atoms with Gasteiger partial charge in [0.25, 0.3) is 0 Å². The first-order chi connectivity index (χ1) is 10.9. The van der Waals surface area contributed by atoms with Crippen molar-refractivity contribution in [2.24, 2.45) is 0 Å². The van der Waals surface area contributed by atoms with Crippen LogP contribution in [0, 0.1) is 20.8 Å². The number of fused-ring (bicyclic) bond motifs is 1. The summed E-state index contributed by atoms with van der Waals surface area (Å²) in [7, 11) is 0. The maximum atomic E-state index is 12.7. The molecule has 118 valence electrons. The van der Waals surface area contributed by atoms with E-state index < -0.39 is 0 Å². The molecule has 0 amide bonds. The SMILES string of the molecule is Cc1cc(Br)cc(C)c1Oc1c(C)oc2cc(O)ccc2c1=O. The lowest BCUT2D eigenvalue weighted by Gasteiger charge is -2.13. The molecule has 23 heavy (non-hydrogen) atoms. The first-order valence-electron chi connectivity index (χ1n) is 7.08. The van der Waals surface area contributed by atoms with Crippen LogP contribution in [-0.2, 0) is 0 Å². The minimum Gasteiger partial charge on any atom is -0.508 e. The summed E-state index contributed by atoms with van der Waals surface area (Å²) in [6, 6.07) is 8.26. The van der Waals surface area contributed by atoms with Crippen molar-refractivity contribution in [1.29, 1.82) is 0 Å². The van der Waals surface area contributed by atoms with Gasteiger partial charge in [-0.25, -0.2) is 0 Å². The van der Waals surface area contributed by atoms with Crippen molar-refractivity contribution in [3.8, 4) is 17.2 Å². The van der Waals surface area contributed by atoms with Crippen LogP contribution >= 0.6 is 15.9 Å². The fraction of sp³-hybridized carbons (Fsp3) is 0.167. The maximum Gasteiger partial charge on any atom is 0.235 e. The molecule has 0 aliphatic rings. The molecule has 4 nitrogen and oxygen atoms in total. The molecule has 0 fully saturated rings. The van der Waals surface area contributed by atoms with Crippen molar-refractivity contribution < 1.29 is 14.3 Å². The third-order valence-electron chi connectivity index (χ3n) is 3.63. The van der Waals surface area contributed by atoms with E-state index in [0.29, 0.717) is 22.5 Å². The van der Waals surface area contributed by atoms with Crippen LogP contribution in [0.25, 0.3) is 11.0 Å². The Bertz CT molecular complexity index is 950. The number of ether oxygens (including phenoxy) is 1. The van der Waals surface area contributed by atoms with E-state index in [1.54, 1.807) is 6.92 Å². The van der Waals surface area contributed by atoms with Gasteiger partial charge >= 0.3 is 0 Å². The average Bonchev–Trinajstić information content (AvgIpc) is 2.45. The molecule has 0 atom stereocenters. The standard InChI is InChI=1S/C18H15BrO4/c1-9-6-12(19)7-10(2)17(9)23-18-11(3)22-15-8-13(20)4-5-14(15)16(18)21/h4-8,20H,1-3H3. The molecular weight excluding hydrogens is 360 g/mol. The van der Waals surface area contributed by atoms with E-state index in [1.165, 1.54) is 18.2 Å². The minimum atomic E-state index is -0.259. The molecule has 0 radical (unpaired) electrons. The monoisotopic (exact) mass is 374 g/mol. The maximum absolute atomic E-state index is 12.7. The summed E-state index contributed by atoms with van der Waals surface area (Å²) < 4.78 is 12.5. The molecule has 1 aromatic heterocycles. The number of phenolic OH excluding ortho intramolecular Hbond substituents is 1. The Morgan fingerprint density at radius 3 is 2.35 bits per heavy atom. The molecule has 0 saturated carbocycles. The lowest BCUT2D eigenvalue weighted by atomic mass is 10.1. The van der Waals surface area contributed by atoms with Crippen molar-refractivity contribution in [3.63, 3.8) is 0 Å². The first-order valence-corrected chi connectivity index (χ1v) is 7.87. The minimum absolute atomic E-state index is 0.0494. The highest BCUT2D eigenvalue weighted by Gasteiger charge is 2.16. The fourth-order valence-electron chi connectivity index (χ4n) is 2.56. The van der Waals surface area contributed by atoms with Gasteiger partial charge < -0.3 is 14.3 Å². The molecule has 3 rings (SSSR count). The van der Waals surface area contributed by atoms with E-state index in [9.17, 15) is 9.90 Å². The van der Waals surface area contributed by atoms with Gasteiger partial charge in [0, 0.05) is 10.5 Å². The highest BCUT2D eigenvalue weighted by Crippen LogP contribution is 2.32. The Morgan fingerprint density at radius 1 is 1.04 bits per heavy atom. The molecule has 0 bridgehead atoms. The van der Waals surface area contributed by atoms with Gasteiger partial charge in [-0.15, -0.1) is 0 Å². The second-order valence-electron chi connectivity index (χ2n) is 5.47. The summed E-state index contributed by atoms with van der Waals surface area (Å²) in [5.74, 6) is 1.22. The van der Waals surface area contributed by atoms with Crippen molar-refractivity contribution >= 4 is 26.9 Å². The van der Waals surface area contributed by atoms with Gasteiger partial charge in [-0.1, -0.05) is 15.9 Å². The predicted molar refractivity (Wildman–Crippen MR) is 92.6 cm³/mol. The first kappa shape index (κ1) is 15.6. The van der Waals surface area contributed by atoms with Gasteiger partial charge in [-0.3, -0.25) is 4.79 Å². The highest BCUT2D eigenvalue weighted by molar-refractivity contribution is 9.10. The van der Waals surface area contributed by atoms with E-state index in [0.717, 1.165) is 15.6 Å². The van der Waals surface area contributed by atoms with Crippen molar-refractivity contribution in [3.05, 3.63) is 61.9 Å². The summed E-state index contributed by atoms with van der Waals surface area (Å²) >= 11 is 3.44. The van der Waals surface area contributed by atoms with E-state index in [4.69, 9.17) is 9.15 Å². The second-order valence-corrected chi connectivity index (χ2v) is 6.38. The molecule has 0 aliphatic carbocycles. The van der Waals surface area contributed by atoms with Crippen LogP contribution in [0.2, 0.25) is 0 Å². The quantitative estimate of drug-likeness (QED) is 0.687. The van der Waals surface area contributed by atoms with Gasteiger partial charge in [0.2, 0.25) is 11.2 Å². The number of phenols is 1. The number of aromatic hydroxyl groups is 1. The van der Waals surface area contributed by atoms with Gasteiger partial charge in [0.15, 0.2) is 0 Å². The Kier molecular flexibility index (Phi) is 3.90. The van der Waals surface area contributed by atoms with Gasteiger partial charge in [-0.05, 0) is 56.2 Å². The summed E-state index contributed by atoms with van der Waals surface area (Å²) in [6.45, 7) is 5.51. The second kappa shape index (κ2) is 5.74. The van der Waals surface area contributed by atoms with E-state index in [1.807, 2.05) is 26.0 Å². The number of halogens is 1. The third kappa shape index (κ3) is 2.84. The largest absolute Gasteiger partial charge is 0.508 e. The number of rotatable bonds is 2. The molecule has 0 saturated heterocycles. The fourth-order valence-corrected chi connectivity index (χ4v) is 3.24. The topological polar surface area (TPSA) is 59.7 Å². The number of hydrogen-bond acceptors (Lipinski definition) is 4. The third-order valence-corrected chi connectivity index (χ3v) is 4.09. The molecule has 3 aromatic rings. The Balaban J connectivity index is 2.18. The van der Waals surface area contributed by atoms with Crippen molar-refractivity contribution in [1.82, 2.24) is 0 Å². The Labute approximate surface area is 141 Å². The number of aryl methyl sites for hydroxylation is 3. The van der Waals surface area contributed by atoms with E-state index >= 15 is 0 Å². The van der Waals surface area contributed by atoms with E-state index in [2.05, 4.69) is 15.9 Å². The van der Waals surface area contributed by atoms with Gasteiger partial charge in [0.1, 0.15) is 22.8 Å². The summed E-state index contributed by atoms with van der Waals surface area (Å²) in [5, 5.41) is 9.89. The summed E-state index contributed by atoms with van der Waals surface area (Å²) in [4.78, 5) is 12.7. The van der Waals surface area contributed by atoms with Crippen LogP contribution < -0.4 is 10.2 Å². The average molecular weight is 375 g/mol. The van der Waals surface area contributed by atoms with Crippen LogP contribution in [-0.4, -0.2) is 5.11 Å². The predicted octanol–water partition coefficient (Wildman–Crippen LogP) is 4.98. The summed E-state index contributed by atoms with van der Waals surface area (Å²) in [6.07, 6.45) is 0. The molecular formula is C18H15BrO4. The Morgan fingerprint density at radius 2 is 1.70 bits per heavy atom. The van der Waals surface area contributed by atoms with Crippen molar-refractivity contribution in [2.45, 2.75) is 20.8 Å². The zero-order valence-electron chi connectivity index (χ0n) is 12.9. The van der Waals surface area contributed by atoms with Crippen molar-refractivity contribution in [2.75, 3.05) is 0 Å². The molecule has 0 spiro atoms. The molecule has 2 aromatic carbocycles. The summed E-state index contributed by atoms with van der Waals surface area (Å²) in [5.41, 5.74) is 1.91. The zero-order chi connectivity index (χ0) is 16.7. The van der Waals surface area contributed by atoms with Crippen LogP contribution in [0.3, 0.4) is 0 Å². The van der Waals surface area contributed by atoms with Gasteiger partial charge in [0.05, 0.1) is 5.39 Å². The molecule has 1 N–H and O–H groups in total. The molecule has 0 unspecified atom stereocenters. The van der Waals surface area contributed by atoms with Gasteiger partial charge in [-0.2, -0.15) is 0 Å². The van der Waals surface area contributed by atoms with Crippen LogP contribution in [0.5, 0.6) is 17.2 Å². The normalized spacial score (nSPS) is 11.0. The molecule has 1 heterocycles. The Hall–Kier alpha value is -2.27. The lowest BCUT2D eigenvalue weighted by Crippen LogP contribution is -2.08. The number of hydrogen-bond donors (Lipinski definition) is 1. The zero-order valence-corrected chi connectivity index (χ0v) is 14.5. The highest BCUT2D eigenvalue weighted by atomic mass is 79.9. The van der Waals surface area contributed by atoms with Crippen LogP contribution in [0.4, 0.5) is 0 Å². The molecule has 0 aliphatic heterocycles. The smallest absolute Gasteiger partial charge is 0.235 e. The van der Waals surface area contributed by atoms with E-state index in [-0.39, 0.29) is 16.9 Å². The number of benzene rings is 2. The molecule has 5 heteroatoms. The van der Waals surface area contributed by atoms with Crippen LogP contribution in [0.1, 0.15) is 16.9 Å². The lowest BCUT2D eigenvalue weighted by molar-refractivity contribution is 0.430. The van der Waals surface area contributed by atoms with Crippen LogP contribution in [0.15, 0.2) is 44.0 Å².